The monoisotopic (exact) mass is 286 g/mol. The number of anilines is 1. The maximum absolute atomic E-state index is 12.1. The summed E-state index contributed by atoms with van der Waals surface area (Å²) in [6.45, 7) is 0.938. The number of nitrogens with two attached hydrogens (primary N) is 1. The van der Waals surface area contributed by atoms with Gasteiger partial charge in [-0.15, -0.1) is 0 Å². The predicted octanol–water partition coefficient (Wildman–Crippen LogP) is 2.29. The highest BCUT2D eigenvalue weighted by molar-refractivity contribution is 6.04. The minimum Gasteiger partial charge on any atom is -0.497 e. The van der Waals surface area contributed by atoms with Crippen molar-refractivity contribution in [1.29, 1.82) is 0 Å². The second-order valence-corrected chi connectivity index (χ2v) is 4.34. The predicted molar refractivity (Wildman–Crippen MR) is 81.9 cm³/mol. The average molecular weight is 286 g/mol. The molecule has 0 aliphatic heterocycles. The maximum atomic E-state index is 12.1. The van der Waals surface area contributed by atoms with Crippen LogP contribution in [0.5, 0.6) is 11.5 Å². The Labute approximate surface area is 123 Å². The Morgan fingerprint density at radius 3 is 2.24 bits per heavy atom. The second-order valence-electron chi connectivity index (χ2n) is 4.34. The normalized spacial score (nSPS) is 10.0. The van der Waals surface area contributed by atoms with E-state index in [-0.39, 0.29) is 5.91 Å². The minimum absolute atomic E-state index is 0.173. The highest BCUT2D eigenvalue weighted by atomic mass is 16.5. The number of benzene rings is 2. The van der Waals surface area contributed by atoms with E-state index in [9.17, 15) is 4.79 Å². The Morgan fingerprint density at radius 1 is 1.05 bits per heavy atom. The van der Waals surface area contributed by atoms with Crippen LogP contribution in [0.2, 0.25) is 0 Å². The molecule has 0 saturated carbocycles. The quantitative estimate of drug-likeness (QED) is 0.854. The lowest BCUT2D eigenvalue weighted by molar-refractivity contribution is 0.102. The Bertz CT molecular complexity index is 579. The summed E-state index contributed by atoms with van der Waals surface area (Å²) in [5.74, 6) is 1.27. The van der Waals surface area contributed by atoms with E-state index in [2.05, 4.69) is 5.32 Å². The summed E-state index contributed by atoms with van der Waals surface area (Å²) >= 11 is 0. The summed E-state index contributed by atoms with van der Waals surface area (Å²) in [5.41, 5.74) is 6.64. The van der Waals surface area contributed by atoms with Gasteiger partial charge in [0.25, 0.3) is 5.91 Å². The lowest BCUT2D eigenvalue weighted by Gasteiger charge is -2.08. The van der Waals surface area contributed by atoms with Gasteiger partial charge in [-0.2, -0.15) is 0 Å². The molecule has 5 heteroatoms. The molecule has 0 spiro atoms. The van der Waals surface area contributed by atoms with Gasteiger partial charge in [0.05, 0.1) is 7.11 Å². The zero-order valence-corrected chi connectivity index (χ0v) is 11.8. The molecule has 0 aliphatic carbocycles. The van der Waals surface area contributed by atoms with Gasteiger partial charge in [-0.25, -0.2) is 0 Å². The Morgan fingerprint density at radius 2 is 1.67 bits per heavy atom. The Kier molecular flexibility index (Phi) is 5.17. The summed E-state index contributed by atoms with van der Waals surface area (Å²) in [6, 6.07) is 14.1. The molecule has 1 amide bonds. The molecule has 2 aromatic carbocycles. The van der Waals surface area contributed by atoms with Crippen molar-refractivity contribution < 1.29 is 14.3 Å². The van der Waals surface area contributed by atoms with Gasteiger partial charge >= 0.3 is 0 Å². The molecule has 0 unspecified atom stereocenters. The summed E-state index contributed by atoms with van der Waals surface area (Å²) in [4.78, 5) is 12.1. The molecule has 3 N–H and O–H groups in total. The van der Waals surface area contributed by atoms with Crippen LogP contribution in [-0.2, 0) is 0 Å². The van der Waals surface area contributed by atoms with Crippen molar-refractivity contribution in [3.05, 3.63) is 54.1 Å². The summed E-state index contributed by atoms with van der Waals surface area (Å²) in [6.07, 6.45) is 0. The fourth-order valence-electron chi connectivity index (χ4n) is 1.76. The first-order valence-corrected chi connectivity index (χ1v) is 6.61. The van der Waals surface area contributed by atoms with E-state index in [0.29, 0.717) is 30.2 Å². The number of carbonyl (C=O) groups is 1. The van der Waals surface area contributed by atoms with E-state index in [1.165, 1.54) is 0 Å². The van der Waals surface area contributed by atoms with Gasteiger partial charge in [0, 0.05) is 17.8 Å². The number of rotatable bonds is 6. The van der Waals surface area contributed by atoms with Gasteiger partial charge in [-0.3, -0.25) is 4.79 Å². The first-order chi connectivity index (χ1) is 10.2. The zero-order chi connectivity index (χ0) is 15.1. The van der Waals surface area contributed by atoms with Crippen LogP contribution in [0.4, 0.5) is 5.69 Å². The fourth-order valence-corrected chi connectivity index (χ4v) is 1.76. The van der Waals surface area contributed by atoms with Crippen LogP contribution in [0, 0.1) is 0 Å². The molecule has 110 valence electrons. The van der Waals surface area contributed by atoms with Crippen molar-refractivity contribution in [1.82, 2.24) is 0 Å². The molecule has 0 saturated heterocycles. The van der Waals surface area contributed by atoms with Crippen LogP contribution in [0.15, 0.2) is 48.5 Å². The Balaban J connectivity index is 1.98. The summed E-state index contributed by atoms with van der Waals surface area (Å²) in [7, 11) is 1.59. The van der Waals surface area contributed by atoms with Crippen molar-refractivity contribution in [3.8, 4) is 11.5 Å². The number of nitrogens with one attached hydrogen (secondary N) is 1. The number of hydrogen-bond donors (Lipinski definition) is 2. The van der Waals surface area contributed by atoms with Crippen LogP contribution in [-0.4, -0.2) is 26.2 Å². The standard InChI is InChI=1S/C16H18N2O3/c1-20-14-6-2-12(3-7-14)16(19)18-13-4-8-15(9-5-13)21-11-10-17/h2-9H,10-11,17H2,1H3,(H,18,19). The number of ether oxygens (including phenoxy) is 2. The summed E-state index contributed by atoms with van der Waals surface area (Å²) in [5, 5.41) is 2.82. The van der Waals surface area contributed by atoms with E-state index in [1.54, 1.807) is 55.6 Å². The number of carbonyl (C=O) groups excluding carboxylic acids is 1. The van der Waals surface area contributed by atoms with Crippen LogP contribution >= 0.6 is 0 Å². The van der Waals surface area contributed by atoms with Crippen LogP contribution in [0.25, 0.3) is 0 Å². The van der Waals surface area contributed by atoms with E-state index < -0.39 is 0 Å². The van der Waals surface area contributed by atoms with Gasteiger partial charge in [0.15, 0.2) is 0 Å². The molecule has 0 bridgehead atoms. The van der Waals surface area contributed by atoms with Gasteiger partial charge in [-0.05, 0) is 48.5 Å². The zero-order valence-electron chi connectivity index (χ0n) is 11.8. The van der Waals surface area contributed by atoms with Crippen LogP contribution in [0.1, 0.15) is 10.4 Å². The Hall–Kier alpha value is -2.53. The van der Waals surface area contributed by atoms with Crippen LogP contribution in [0.3, 0.4) is 0 Å². The third-order valence-corrected chi connectivity index (χ3v) is 2.85. The SMILES string of the molecule is COc1ccc(C(=O)Nc2ccc(OCCN)cc2)cc1. The lowest BCUT2D eigenvalue weighted by atomic mass is 10.2. The van der Waals surface area contributed by atoms with Crippen molar-refractivity contribution in [2.24, 2.45) is 5.73 Å². The fraction of sp³-hybridized carbons (Fsp3) is 0.188. The van der Waals surface area contributed by atoms with Gasteiger partial charge in [0.1, 0.15) is 18.1 Å². The van der Waals surface area contributed by atoms with E-state index in [1.807, 2.05) is 0 Å². The maximum Gasteiger partial charge on any atom is 0.255 e. The molecule has 0 radical (unpaired) electrons. The molecule has 2 aromatic rings. The molecule has 0 aliphatic rings. The number of amides is 1. The van der Waals surface area contributed by atoms with Crippen molar-refractivity contribution in [2.45, 2.75) is 0 Å². The molecule has 0 heterocycles. The molecule has 21 heavy (non-hydrogen) atoms. The minimum atomic E-state index is -0.173. The van der Waals surface area contributed by atoms with Crippen molar-refractivity contribution in [2.75, 3.05) is 25.6 Å². The largest absolute Gasteiger partial charge is 0.497 e. The molecule has 5 nitrogen and oxygen atoms in total. The molecule has 2 rings (SSSR count). The molecular formula is C16H18N2O3. The molecule has 0 aromatic heterocycles. The molecule has 0 atom stereocenters. The molecule has 0 fully saturated rings. The topological polar surface area (TPSA) is 73.6 Å². The number of hydrogen-bond acceptors (Lipinski definition) is 4. The van der Waals surface area contributed by atoms with Crippen molar-refractivity contribution >= 4 is 11.6 Å². The van der Waals surface area contributed by atoms with E-state index in [0.717, 1.165) is 5.75 Å². The smallest absolute Gasteiger partial charge is 0.255 e. The average Bonchev–Trinajstić information content (AvgIpc) is 2.54. The van der Waals surface area contributed by atoms with Crippen molar-refractivity contribution in [3.63, 3.8) is 0 Å². The highest BCUT2D eigenvalue weighted by Crippen LogP contribution is 2.17. The highest BCUT2D eigenvalue weighted by Gasteiger charge is 2.06. The van der Waals surface area contributed by atoms with Gasteiger partial charge in [0.2, 0.25) is 0 Å². The number of methoxy groups -OCH3 is 1. The third kappa shape index (κ3) is 4.22. The third-order valence-electron chi connectivity index (χ3n) is 2.85. The first kappa shape index (κ1) is 14.9. The van der Waals surface area contributed by atoms with Gasteiger partial charge in [-0.1, -0.05) is 0 Å². The molecular weight excluding hydrogens is 268 g/mol. The van der Waals surface area contributed by atoms with E-state index in [4.69, 9.17) is 15.2 Å². The van der Waals surface area contributed by atoms with E-state index >= 15 is 0 Å². The summed E-state index contributed by atoms with van der Waals surface area (Å²) < 4.78 is 10.4. The second kappa shape index (κ2) is 7.31. The first-order valence-electron chi connectivity index (χ1n) is 6.61. The lowest BCUT2D eigenvalue weighted by Crippen LogP contribution is -2.12. The van der Waals surface area contributed by atoms with Crippen LogP contribution < -0.4 is 20.5 Å². The van der Waals surface area contributed by atoms with Gasteiger partial charge < -0.3 is 20.5 Å².